The molecule has 1 aliphatic heterocycles. The van der Waals surface area contributed by atoms with Gasteiger partial charge in [-0.15, -0.1) is 0 Å². The number of rotatable bonds is 7. The zero-order valence-electron chi connectivity index (χ0n) is 15.7. The lowest BCUT2D eigenvalue weighted by Crippen LogP contribution is -2.30. The van der Waals surface area contributed by atoms with E-state index in [4.69, 9.17) is 9.47 Å². The first-order chi connectivity index (χ1) is 13.0. The Bertz CT molecular complexity index is 843. The summed E-state index contributed by atoms with van der Waals surface area (Å²) in [5.41, 5.74) is 1.88. The van der Waals surface area contributed by atoms with Gasteiger partial charge >= 0.3 is 0 Å². The van der Waals surface area contributed by atoms with Crippen molar-refractivity contribution in [2.24, 2.45) is 0 Å². The summed E-state index contributed by atoms with van der Waals surface area (Å²) in [5.74, 6) is 0.257. The molecule has 2 atom stereocenters. The van der Waals surface area contributed by atoms with Crippen LogP contribution in [0.4, 0.5) is 5.69 Å². The van der Waals surface area contributed by atoms with Crippen LogP contribution in [-0.2, 0) is 20.7 Å². The average molecular weight is 371 g/mol. The number of ether oxygens (including phenoxy) is 2. The summed E-state index contributed by atoms with van der Waals surface area (Å²) in [6.45, 7) is 4.85. The molecule has 2 unspecified atom stereocenters. The van der Waals surface area contributed by atoms with Gasteiger partial charge in [0.15, 0.2) is 0 Å². The lowest BCUT2D eigenvalue weighted by molar-refractivity contribution is -0.128. The monoisotopic (exact) mass is 371 g/mol. The van der Waals surface area contributed by atoms with Crippen molar-refractivity contribution in [1.29, 1.82) is 0 Å². The Labute approximate surface area is 158 Å². The lowest BCUT2D eigenvalue weighted by atomic mass is 10.1. The van der Waals surface area contributed by atoms with Gasteiger partial charge in [-0.25, -0.2) is 4.98 Å². The quantitative estimate of drug-likeness (QED) is 0.780. The number of carbonyl (C=O) groups excluding carboxylic acids is 1. The first kappa shape index (κ1) is 19.3. The topological polar surface area (TPSA) is 93.3 Å². The van der Waals surface area contributed by atoms with E-state index in [1.165, 1.54) is 6.07 Å². The number of carbonyl (C=O) groups is 1. The fourth-order valence-electron chi connectivity index (χ4n) is 2.92. The predicted molar refractivity (Wildman–Crippen MR) is 103 cm³/mol. The van der Waals surface area contributed by atoms with Crippen molar-refractivity contribution in [2.45, 2.75) is 45.3 Å². The van der Waals surface area contributed by atoms with Gasteiger partial charge < -0.3 is 19.8 Å². The fraction of sp³-hybridized carbons (Fsp3) is 0.450. The maximum Gasteiger partial charge on any atom is 0.253 e. The van der Waals surface area contributed by atoms with Gasteiger partial charge in [0.1, 0.15) is 11.9 Å². The second-order valence-electron chi connectivity index (χ2n) is 6.62. The first-order valence-corrected chi connectivity index (χ1v) is 9.30. The van der Waals surface area contributed by atoms with E-state index in [1.54, 1.807) is 25.1 Å². The van der Waals surface area contributed by atoms with Gasteiger partial charge in [0.2, 0.25) is 0 Å². The molecule has 0 radical (unpaired) electrons. The number of anilines is 1. The molecule has 7 heteroatoms. The highest BCUT2D eigenvalue weighted by Crippen LogP contribution is 2.19. The molecule has 1 fully saturated rings. The van der Waals surface area contributed by atoms with Gasteiger partial charge in [-0.3, -0.25) is 9.59 Å². The molecular weight excluding hydrogens is 346 g/mol. The summed E-state index contributed by atoms with van der Waals surface area (Å²) in [4.78, 5) is 31.3. The molecule has 0 spiro atoms. The van der Waals surface area contributed by atoms with E-state index in [9.17, 15) is 9.59 Å². The smallest absolute Gasteiger partial charge is 0.253 e. The van der Waals surface area contributed by atoms with Gasteiger partial charge in [-0.05, 0) is 38.3 Å². The molecule has 2 N–H and O–H groups in total. The molecule has 2 heterocycles. The minimum Gasteiger partial charge on any atom is -0.376 e. The van der Waals surface area contributed by atoms with Crippen LogP contribution in [0.3, 0.4) is 0 Å². The number of hydrogen-bond donors (Lipinski definition) is 2. The third-order valence-electron chi connectivity index (χ3n) is 4.49. The number of benzene rings is 1. The number of nitrogens with one attached hydrogen (secondary N) is 2. The van der Waals surface area contributed by atoms with Crippen molar-refractivity contribution >= 4 is 11.6 Å². The first-order valence-electron chi connectivity index (χ1n) is 9.30. The minimum atomic E-state index is -0.584. The van der Waals surface area contributed by atoms with Crippen molar-refractivity contribution in [3.8, 4) is 11.4 Å². The van der Waals surface area contributed by atoms with Crippen LogP contribution in [0.25, 0.3) is 11.4 Å². The molecule has 144 valence electrons. The van der Waals surface area contributed by atoms with Crippen molar-refractivity contribution in [3.05, 3.63) is 46.4 Å². The maximum atomic E-state index is 12.4. The molecule has 1 amide bonds. The summed E-state index contributed by atoms with van der Waals surface area (Å²) < 4.78 is 11.1. The lowest BCUT2D eigenvalue weighted by Gasteiger charge is -2.16. The SMILES string of the molecule is CCc1cc(=O)[nH]c(-c2cccc(NC(=O)C(C)OCC3CCCO3)c2)n1. The number of amides is 1. The molecule has 0 aliphatic carbocycles. The van der Waals surface area contributed by atoms with Crippen molar-refractivity contribution in [1.82, 2.24) is 9.97 Å². The number of hydrogen-bond acceptors (Lipinski definition) is 5. The average Bonchev–Trinajstić information content (AvgIpc) is 3.19. The summed E-state index contributed by atoms with van der Waals surface area (Å²) >= 11 is 0. The Morgan fingerprint density at radius 2 is 2.30 bits per heavy atom. The van der Waals surface area contributed by atoms with Gasteiger partial charge in [0.05, 0.1) is 12.7 Å². The molecule has 0 bridgehead atoms. The Kier molecular flexibility index (Phi) is 6.36. The van der Waals surface area contributed by atoms with Crippen molar-refractivity contribution < 1.29 is 14.3 Å². The van der Waals surface area contributed by atoms with Crippen molar-refractivity contribution in [2.75, 3.05) is 18.5 Å². The zero-order valence-corrected chi connectivity index (χ0v) is 15.7. The molecule has 1 aromatic heterocycles. The van der Waals surface area contributed by atoms with Crippen LogP contribution < -0.4 is 10.9 Å². The second kappa shape index (κ2) is 8.92. The Morgan fingerprint density at radius 1 is 1.44 bits per heavy atom. The third-order valence-corrected chi connectivity index (χ3v) is 4.49. The summed E-state index contributed by atoms with van der Waals surface area (Å²) in [6, 6.07) is 8.70. The molecule has 3 rings (SSSR count). The van der Waals surface area contributed by atoms with E-state index in [2.05, 4.69) is 15.3 Å². The van der Waals surface area contributed by atoms with E-state index in [0.717, 1.165) is 30.7 Å². The molecule has 1 aromatic carbocycles. The number of aryl methyl sites for hydroxylation is 1. The summed E-state index contributed by atoms with van der Waals surface area (Å²) in [7, 11) is 0. The third kappa shape index (κ3) is 5.24. The highest BCUT2D eigenvalue weighted by atomic mass is 16.5. The van der Waals surface area contributed by atoms with Crippen LogP contribution >= 0.6 is 0 Å². The van der Waals surface area contributed by atoms with E-state index in [-0.39, 0.29) is 17.6 Å². The standard InChI is InChI=1S/C20H25N3O4/c1-3-15-11-18(24)23-19(21-15)14-6-4-7-16(10-14)22-20(25)13(2)27-12-17-8-5-9-26-17/h4,6-7,10-11,13,17H,3,5,8-9,12H2,1-2H3,(H,22,25)(H,21,23,24). The number of aromatic nitrogens is 2. The predicted octanol–water partition coefficient (Wildman–Crippen LogP) is 2.52. The second-order valence-corrected chi connectivity index (χ2v) is 6.62. The molecule has 27 heavy (non-hydrogen) atoms. The van der Waals surface area contributed by atoms with Crippen molar-refractivity contribution in [3.63, 3.8) is 0 Å². The van der Waals surface area contributed by atoms with Gasteiger partial charge in [-0.2, -0.15) is 0 Å². The van der Waals surface area contributed by atoms with Crippen LogP contribution in [0.5, 0.6) is 0 Å². The maximum absolute atomic E-state index is 12.4. The molecular formula is C20H25N3O4. The van der Waals surface area contributed by atoms with Crippen LogP contribution in [0.1, 0.15) is 32.4 Å². The molecule has 2 aromatic rings. The normalized spacial score (nSPS) is 17.6. The van der Waals surface area contributed by atoms with Gasteiger partial charge in [-0.1, -0.05) is 19.1 Å². The van der Waals surface area contributed by atoms with Gasteiger partial charge in [0.25, 0.3) is 11.5 Å². The highest BCUT2D eigenvalue weighted by molar-refractivity contribution is 5.94. The number of H-pyrrole nitrogens is 1. The van der Waals surface area contributed by atoms with E-state index >= 15 is 0 Å². The highest BCUT2D eigenvalue weighted by Gasteiger charge is 2.20. The van der Waals surface area contributed by atoms with Crippen LogP contribution in [0.15, 0.2) is 35.1 Å². The molecule has 0 saturated carbocycles. The largest absolute Gasteiger partial charge is 0.376 e. The summed E-state index contributed by atoms with van der Waals surface area (Å²) in [6.07, 6.45) is 2.18. The van der Waals surface area contributed by atoms with Crippen LogP contribution in [0.2, 0.25) is 0 Å². The van der Waals surface area contributed by atoms with Gasteiger partial charge in [0, 0.05) is 29.6 Å². The number of nitrogens with zero attached hydrogens (tertiary/aromatic N) is 1. The van der Waals surface area contributed by atoms with Crippen LogP contribution in [-0.4, -0.2) is 41.3 Å². The van der Waals surface area contributed by atoms with E-state index < -0.39 is 6.10 Å². The molecule has 1 saturated heterocycles. The minimum absolute atomic E-state index is 0.0809. The molecule has 7 nitrogen and oxygen atoms in total. The fourth-order valence-corrected chi connectivity index (χ4v) is 2.92. The Balaban J connectivity index is 1.65. The van der Waals surface area contributed by atoms with E-state index in [0.29, 0.717) is 24.5 Å². The van der Waals surface area contributed by atoms with Crippen LogP contribution in [0, 0.1) is 0 Å². The molecule has 1 aliphatic rings. The summed E-state index contributed by atoms with van der Waals surface area (Å²) in [5, 5.41) is 2.85. The van der Waals surface area contributed by atoms with E-state index in [1.807, 2.05) is 13.0 Å². The Morgan fingerprint density at radius 3 is 3.04 bits per heavy atom. The Hall–Kier alpha value is -2.51. The zero-order chi connectivity index (χ0) is 19.2. The number of aromatic amines is 1.